The first kappa shape index (κ1) is 12.7. The number of nitrogens with two attached hydrogens (primary N) is 1. The van der Waals surface area contributed by atoms with E-state index >= 15 is 0 Å². The SMILES string of the molecule is COc1ccc(CC(N)CCc2ccco2)cc1. The number of furan rings is 1. The van der Waals surface area contributed by atoms with Crippen LogP contribution in [0, 0.1) is 0 Å². The van der Waals surface area contributed by atoms with Crippen LogP contribution in [-0.2, 0) is 12.8 Å². The molecule has 96 valence electrons. The highest BCUT2D eigenvalue weighted by Crippen LogP contribution is 2.14. The maximum absolute atomic E-state index is 6.12. The fourth-order valence-corrected chi connectivity index (χ4v) is 1.95. The molecule has 1 unspecified atom stereocenters. The van der Waals surface area contributed by atoms with Crippen molar-refractivity contribution in [3.8, 4) is 5.75 Å². The summed E-state index contributed by atoms with van der Waals surface area (Å²) in [5, 5.41) is 0. The summed E-state index contributed by atoms with van der Waals surface area (Å²) in [4.78, 5) is 0. The number of rotatable bonds is 6. The monoisotopic (exact) mass is 245 g/mol. The average molecular weight is 245 g/mol. The van der Waals surface area contributed by atoms with Crippen LogP contribution in [0.25, 0.3) is 0 Å². The molecule has 1 atom stereocenters. The third-order valence-electron chi connectivity index (χ3n) is 3.00. The third kappa shape index (κ3) is 3.64. The van der Waals surface area contributed by atoms with Crippen molar-refractivity contribution in [1.29, 1.82) is 0 Å². The highest BCUT2D eigenvalue weighted by Gasteiger charge is 2.06. The number of ether oxygens (including phenoxy) is 1. The minimum atomic E-state index is 0.156. The van der Waals surface area contributed by atoms with Crippen LogP contribution in [0.3, 0.4) is 0 Å². The van der Waals surface area contributed by atoms with Gasteiger partial charge < -0.3 is 14.9 Å². The molecule has 0 fully saturated rings. The van der Waals surface area contributed by atoms with Gasteiger partial charge in [0.1, 0.15) is 11.5 Å². The van der Waals surface area contributed by atoms with Gasteiger partial charge in [-0.25, -0.2) is 0 Å². The predicted octanol–water partition coefficient (Wildman–Crippen LogP) is 2.79. The van der Waals surface area contributed by atoms with Crippen LogP contribution in [0.1, 0.15) is 17.7 Å². The lowest BCUT2D eigenvalue weighted by Crippen LogP contribution is -2.23. The van der Waals surface area contributed by atoms with Crippen LogP contribution >= 0.6 is 0 Å². The quantitative estimate of drug-likeness (QED) is 0.851. The molecule has 0 radical (unpaired) electrons. The fourth-order valence-electron chi connectivity index (χ4n) is 1.95. The zero-order chi connectivity index (χ0) is 12.8. The zero-order valence-electron chi connectivity index (χ0n) is 10.6. The number of aryl methyl sites for hydroxylation is 1. The van der Waals surface area contributed by atoms with Crippen molar-refractivity contribution in [3.63, 3.8) is 0 Å². The van der Waals surface area contributed by atoms with Gasteiger partial charge in [0.2, 0.25) is 0 Å². The van der Waals surface area contributed by atoms with Crippen molar-refractivity contribution in [2.75, 3.05) is 7.11 Å². The van der Waals surface area contributed by atoms with Crippen molar-refractivity contribution in [2.45, 2.75) is 25.3 Å². The van der Waals surface area contributed by atoms with Gasteiger partial charge in [0.25, 0.3) is 0 Å². The molecule has 0 aliphatic rings. The number of benzene rings is 1. The molecule has 1 aromatic heterocycles. The first-order chi connectivity index (χ1) is 8.78. The van der Waals surface area contributed by atoms with E-state index in [0.717, 1.165) is 30.8 Å². The second-order valence-corrected chi connectivity index (χ2v) is 4.43. The molecule has 18 heavy (non-hydrogen) atoms. The molecule has 0 amide bonds. The van der Waals surface area contributed by atoms with Crippen molar-refractivity contribution >= 4 is 0 Å². The highest BCUT2D eigenvalue weighted by atomic mass is 16.5. The summed E-state index contributed by atoms with van der Waals surface area (Å²) in [7, 11) is 1.67. The summed E-state index contributed by atoms with van der Waals surface area (Å²) in [6.45, 7) is 0. The van der Waals surface area contributed by atoms with Gasteiger partial charge in [0, 0.05) is 12.5 Å². The Morgan fingerprint density at radius 1 is 1.22 bits per heavy atom. The molecule has 0 saturated carbocycles. The smallest absolute Gasteiger partial charge is 0.118 e. The first-order valence-electron chi connectivity index (χ1n) is 6.19. The van der Waals surface area contributed by atoms with E-state index in [-0.39, 0.29) is 6.04 Å². The molecule has 2 N–H and O–H groups in total. The molecule has 0 bridgehead atoms. The summed E-state index contributed by atoms with van der Waals surface area (Å²) in [5.41, 5.74) is 7.36. The van der Waals surface area contributed by atoms with Crippen LogP contribution in [-0.4, -0.2) is 13.2 Å². The fraction of sp³-hybridized carbons (Fsp3) is 0.333. The standard InChI is InChI=1S/C15H19NO2/c1-17-14-7-4-12(5-8-14)11-13(16)6-9-15-3-2-10-18-15/h2-5,7-8,10,13H,6,9,11,16H2,1H3. The van der Waals surface area contributed by atoms with E-state index in [2.05, 4.69) is 12.1 Å². The molecule has 0 aliphatic heterocycles. The molecule has 3 nitrogen and oxygen atoms in total. The summed E-state index contributed by atoms with van der Waals surface area (Å²) in [6.07, 6.45) is 4.40. The van der Waals surface area contributed by atoms with Crippen molar-refractivity contribution < 1.29 is 9.15 Å². The van der Waals surface area contributed by atoms with Crippen molar-refractivity contribution in [1.82, 2.24) is 0 Å². The Labute approximate surface area is 108 Å². The number of hydrogen-bond acceptors (Lipinski definition) is 3. The lowest BCUT2D eigenvalue weighted by atomic mass is 10.0. The minimum absolute atomic E-state index is 0.156. The van der Waals surface area contributed by atoms with Gasteiger partial charge in [-0.2, -0.15) is 0 Å². The normalized spacial score (nSPS) is 12.3. The molecule has 2 aromatic rings. The first-order valence-corrected chi connectivity index (χ1v) is 6.19. The van der Waals surface area contributed by atoms with Crippen LogP contribution in [0.5, 0.6) is 5.75 Å². The maximum Gasteiger partial charge on any atom is 0.118 e. The minimum Gasteiger partial charge on any atom is -0.497 e. The van der Waals surface area contributed by atoms with Gasteiger partial charge in [-0.1, -0.05) is 12.1 Å². The van der Waals surface area contributed by atoms with E-state index in [1.807, 2.05) is 24.3 Å². The van der Waals surface area contributed by atoms with Gasteiger partial charge in [-0.15, -0.1) is 0 Å². The summed E-state index contributed by atoms with van der Waals surface area (Å²) >= 11 is 0. The molecule has 0 saturated heterocycles. The van der Waals surface area contributed by atoms with E-state index in [4.69, 9.17) is 14.9 Å². The van der Waals surface area contributed by atoms with Gasteiger partial charge in [0.05, 0.1) is 13.4 Å². The second-order valence-electron chi connectivity index (χ2n) is 4.43. The lowest BCUT2D eigenvalue weighted by Gasteiger charge is -2.11. The molecular weight excluding hydrogens is 226 g/mol. The van der Waals surface area contributed by atoms with Crippen LogP contribution in [0.15, 0.2) is 47.1 Å². The Bertz CT molecular complexity index is 448. The molecule has 3 heteroatoms. The molecular formula is C15H19NO2. The molecule has 0 spiro atoms. The summed E-state index contributed by atoms with van der Waals surface area (Å²) in [6, 6.07) is 12.1. The van der Waals surface area contributed by atoms with Gasteiger partial charge in [0.15, 0.2) is 0 Å². The van der Waals surface area contributed by atoms with E-state index in [1.165, 1.54) is 5.56 Å². The second kappa shape index (κ2) is 6.26. The van der Waals surface area contributed by atoms with E-state index in [9.17, 15) is 0 Å². The molecule has 2 rings (SSSR count). The van der Waals surface area contributed by atoms with Gasteiger partial charge in [-0.05, 0) is 42.7 Å². The Morgan fingerprint density at radius 2 is 2.00 bits per heavy atom. The summed E-state index contributed by atoms with van der Waals surface area (Å²) in [5.74, 6) is 1.88. The lowest BCUT2D eigenvalue weighted by molar-refractivity contribution is 0.414. The van der Waals surface area contributed by atoms with E-state index < -0.39 is 0 Å². The molecule has 1 heterocycles. The van der Waals surface area contributed by atoms with Crippen molar-refractivity contribution in [3.05, 3.63) is 54.0 Å². The largest absolute Gasteiger partial charge is 0.497 e. The molecule has 0 aliphatic carbocycles. The van der Waals surface area contributed by atoms with E-state index in [0.29, 0.717) is 0 Å². The Kier molecular flexibility index (Phi) is 4.42. The Hall–Kier alpha value is -1.74. The number of methoxy groups -OCH3 is 1. The topological polar surface area (TPSA) is 48.4 Å². The Balaban J connectivity index is 1.80. The van der Waals surface area contributed by atoms with Crippen LogP contribution in [0.4, 0.5) is 0 Å². The van der Waals surface area contributed by atoms with Crippen LogP contribution < -0.4 is 10.5 Å². The maximum atomic E-state index is 6.12. The number of hydrogen-bond donors (Lipinski definition) is 1. The highest BCUT2D eigenvalue weighted by molar-refractivity contribution is 5.27. The average Bonchev–Trinajstić information content (AvgIpc) is 2.90. The van der Waals surface area contributed by atoms with Gasteiger partial charge >= 0.3 is 0 Å². The van der Waals surface area contributed by atoms with Crippen LogP contribution in [0.2, 0.25) is 0 Å². The molecule has 1 aromatic carbocycles. The Morgan fingerprint density at radius 3 is 2.61 bits per heavy atom. The zero-order valence-corrected chi connectivity index (χ0v) is 10.6. The summed E-state index contributed by atoms with van der Waals surface area (Å²) < 4.78 is 10.4. The van der Waals surface area contributed by atoms with E-state index in [1.54, 1.807) is 13.4 Å². The third-order valence-corrected chi connectivity index (χ3v) is 3.00. The van der Waals surface area contributed by atoms with Crippen molar-refractivity contribution in [2.24, 2.45) is 5.73 Å². The predicted molar refractivity (Wildman–Crippen MR) is 71.7 cm³/mol. The van der Waals surface area contributed by atoms with Gasteiger partial charge in [-0.3, -0.25) is 0 Å².